The predicted molar refractivity (Wildman–Crippen MR) is 107 cm³/mol. The Morgan fingerprint density at radius 2 is 1.78 bits per heavy atom. The van der Waals surface area contributed by atoms with Crippen molar-refractivity contribution in [2.24, 2.45) is 0 Å². The van der Waals surface area contributed by atoms with Crippen LogP contribution in [0.3, 0.4) is 0 Å². The van der Waals surface area contributed by atoms with Gasteiger partial charge in [-0.2, -0.15) is 0 Å². The molecular formula is C20H21BrN2O4. The number of anilines is 1. The Hall–Kier alpha value is -2.67. The zero-order valence-electron chi connectivity index (χ0n) is 15.4. The molecule has 142 valence electrons. The number of ketones is 1. The van der Waals surface area contributed by atoms with Crippen LogP contribution in [-0.4, -0.2) is 42.7 Å². The van der Waals surface area contributed by atoms with Gasteiger partial charge in [0.15, 0.2) is 12.4 Å². The first kappa shape index (κ1) is 20.6. The second-order valence-electron chi connectivity index (χ2n) is 6.13. The largest absolute Gasteiger partial charge is 0.484 e. The Balaban J connectivity index is 1.83. The van der Waals surface area contributed by atoms with E-state index in [9.17, 15) is 14.4 Å². The molecule has 0 aliphatic rings. The van der Waals surface area contributed by atoms with Gasteiger partial charge in [0.25, 0.3) is 5.91 Å². The molecule has 0 atom stereocenters. The van der Waals surface area contributed by atoms with Crippen molar-refractivity contribution in [2.45, 2.75) is 13.8 Å². The number of likely N-dealkylation sites (N-methyl/N-ethyl adjacent to an activating group) is 1. The molecule has 1 N–H and O–H groups in total. The summed E-state index contributed by atoms with van der Waals surface area (Å²) in [6, 6.07) is 12.1. The van der Waals surface area contributed by atoms with Crippen LogP contribution in [-0.2, 0) is 9.59 Å². The van der Waals surface area contributed by atoms with Crippen molar-refractivity contribution in [1.82, 2.24) is 4.90 Å². The van der Waals surface area contributed by atoms with Gasteiger partial charge >= 0.3 is 0 Å². The molecule has 0 aliphatic heterocycles. The van der Waals surface area contributed by atoms with Crippen LogP contribution in [0.15, 0.2) is 46.9 Å². The van der Waals surface area contributed by atoms with Gasteiger partial charge in [0.2, 0.25) is 5.91 Å². The molecule has 0 spiro atoms. The first-order valence-electron chi connectivity index (χ1n) is 8.30. The second kappa shape index (κ2) is 9.32. The first-order chi connectivity index (χ1) is 12.8. The Morgan fingerprint density at radius 1 is 1.11 bits per heavy atom. The van der Waals surface area contributed by atoms with E-state index in [1.54, 1.807) is 37.4 Å². The van der Waals surface area contributed by atoms with Crippen LogP contribution >= 0.6 is 15.9 Å². The van der Waals surface area contributed by atoms with Crippen LogP contribution in [0.25, 0.3) is 0 Å². The van der Waals surface area contributed by atoms with Crippen LogP contribution in [0, 0.1) is 6.92 Å². The molecule has 7 heteroatoms. The van der Waals surface area contributed by atoms with Gasteiger partial charge in [-0.1, -0.05) is 15.9 Å². The zero-order valence-corrected chi connectivity index (χ0v) is 17.0. The minimum atomic E-state index is -0.326. The lowest BCUT2D eigenvalue weighted by Crippen LogP contribution is -2.37. The first-order valence-corrected chi connectivity index (χ1v) is 9.09. The highest BCUT2D eigenvalue weighted by Crippen LogP contribution is 2.20. The topological polar surface area (TPSA) is 75.7 Å². The minimum Gasteiger partial charge on any atom is -0.484 e. The van der Waals surface area contributed by atoms with Gasteiger partial charge in [-0.3, -0.25) is 14.4 Å². The highest BCUT2D eigenvalue weighted by Gasteiger charge is 2.14. The molecule has 2 aromatic rings. The number of hydrogen-bond acceptors (Lipinski definition) is 4. The van der Waals surface area contributed by atoms with Crippen molar-refractivity contribution in [1.29, 1.82) is 0 Å². The fourth-order valence-electron chi connectivity index (χ4n) is 2.30. The third-order valence-electron chi connectivity index (χ3n) is 3.89. The van der Waals surface area contributed by atoms with Crippen molar-refractivity contribution < 1.29 is 19.1 Å². The Kier molecular flexibility index (Phi) is 7.12. The average Bonchev–Trinajstić information content (AvgIpc) is 2.62. The van der Waals surface area contributed by atoms with Gasteiger partial charge in [0.1, 0.15) is 5.75 Å². The Morgan fingerprint density at radius 3 is 2.37 bits per heavy atom. The molecule has 27 heavy (non-hydrogen) atoms. The summed E-state index contributed by atoms with van der Waals surface area (Å²) in [5.41, 5.74) is 2.20. The van der Waals surface area contributed by atoms with E-state index in [0.29, 0.717) is 17.0 Å². The van der Waals surface area contributed by atoms with E-state index in [4.69, 9.17) is 4.74 Å². The number of ether oxygens (including phenoxy) is 1. The summed E-state index contributed by atoms with van der Waals surface area (Å²) >= 11 is 3.37. The van der Waals surface area contributed by atoms with Crippen LogP contribution < -0.4 is 10.1 Å². The number of aryl methyl sites for hydroxylation is 1. The van der Waals surface area contributed by atoms with E-state index < -0.39 is 0 Å². The molecule has 6 nitrogen and oxygen atoms in total. The molecule has 0 saturated heterocycles. The van der Waals surface area contributed by atoms with E-state index in [2.05, 4.69) is 21.2 Å². The number of halogens is 1. The van der Waals surface area contributed by atoms with Crippen molar-refractivity contribution in [3.8, 4) is 5.75 Å². The maximum absolute atomic E-state index is 12.2. The molecule has 0 unspecified atom stereocenters. The van der Waals surface area contributed by atoms with E-state index in [1.165, 1.54) is 11.8 Å². The number of amides is 2. The normalized spacial score (nSPS) is 10.2. The number of rotatable bonds is 7. The summed E-state index contributed by atoms with van der Waals surface area (Å²) in [5, 5.41) is 2.79. The molecule has 0 aromatic heterocycles. The quantitative estimate of drug-likeness (QED) is 0.679. The number of Topliss-reactive ketones (excluding diaryl/α,β-unsaturated/α-hetero) is 1. The fraction of sp³-hybridized carbons (Fsp3) is 0.250. The molecule has 2 rings (SSSR count). The van der Waals surface area contributed by atoms with Gasteiger partial charge in [-0.05, 0) is 61.9 Å². The molecule has 0 fully saturated rings. The van der Waals surface area contributed by atoms with E-state index in [1.807, 2.05) is 19.1 Å². The fourth-order valence-corrected chi connectivity index (χ4v) is 2.78. The highest BCUT2D eigenvalue weighted by molar-refractivity contribution is 9.10. The molecule has 0 saturated carbocycles. The number of carbonyl (C=O) groups excluding carboxylic acids is 3. The summed E-state index contributed by atoms with van der Waals surface area (Å²) in [5.74, 6) is -0.170. The number of nitrogens with one attached hydrogen (secondary N) is 1. The number of benzene rings is 2. The summed E-state index contributed by atoms with van der Waals surface area (Å²) in [4.78, 5) is 36.8. The van der Waals surface area contributed by atoms with Crippen molar-refractivity contribution in [3.05, 3.63) is 58.1 Å². The number of hydrogen-bond donors (Lipinski definition) is 1. The highest BCUT2D eigenvalue weighted by atomic mass is 79.9. The molecule has 2 aromatic carbocycles. The lowest BCUT2D eigenvalue weighted by atomic mass is 10.1. The van der Waals surface area contributed by atoms with Gasteiger partial charge < -0.3 is 15.0 Å². The third-order valence-corrected chi connectivity index (χ3v) is 4.39. The smallest absolute Gasteiger partial charge is 0.260 e. The zero-order chi connectivity index (χ0) is 20.0. The van der Waals surface area contributed by atoms with Crippen molar-refractivity contribution in [3.63, 3.8) is 0 Å². The van der Waals surface area contributed by atoms with Gasteiger partial charge in [-0.25, -0.2) is 0 Å². The summed E-state index contributed by atoms with van der Waals surface area (Å²) in [6.45, 7) is 3.09. The molecule has 2 amide bonds. The van der Waals surface area contributed by atoms with Crippen LogP contribution in [0.1, 0.15) is 22.8 Å². The van der Waals surface area contributed by atoms with Gasteiger partial charge in [0, 0.05) is 22.8 Å². The lowest BCUT2D eigenvalue weighted by molar-refractivity contribution is -0.135. The van der Waals surface area contributed by atoms with Gasteiger partial charge in [-0.15, -0.1) is 0 Å². The molecular weight excluding hydrogens is 412 g/mol. The van der Waals surface area contributed by atoms with Crippen LogP contribution in [0.2, 0.25) is 0 Å². The minimum absolute atomic E-state index is 0.0376. The maximum Gasteiger partial charge on any atom is 0.260 e. The molecule has 0 heterocycles. The van der Waals surface area contributed by atoms with E-state index in [-0.39, 0.29) is 30.7 Å². The monoisotopic (exact) mass is 432 g/mol. The van der Waals surface area contributed by atoms with Crippen molar-refractivity contribution >= 4 is 39.2 Å². The maximum atomic E-state index is 12.2. The SMILES string of the molecule is CC(=O)c1ccc(OCC(=O)N(C)CC(=O)Nc2ccc(Br)cc2C)cc1. The van der Waals surface area contributed by atoms with Gasteiger partial charge in [0.05, 0.1) is 6.54 Å². The molecule has 0 radical (unpaired) electrons. The Bertz CT molecular complexity index is 850. The summed E-state index contributed by atoms with van der Waals surface area (Å²) in [6.07, 6.45) is 0. The van der Waals surface area contributed by atoms with Crippen LogP contribution in [0.5, 0.6) is 5.75 Å². The lowest BCUT2D eigenvalue weighted by Gasteiger charge is -2.17. The summed E-state index contributed by atoms with van der Waals surface area (Å²) in [7, 11) is 1.54. The predicted octanol–water partition coefficient (Wildman–Crippen LogP) is 3.44. The average molecular weight is 433 g/mol. The number of nitrogens with zero attached hydrogens (tertiary/aromatic N) is 1. The number of carbonyl (C=O) groups is 3. The molecule has 0 bridgehead atoms. The molecule has 0 aliphatic carbocycles. The van der Waals surface area contributed by atoms with Crippen molar-refractivity contribution in [2.75, 3.05) is 25.5 Å². The van der Waals surface area contributed by atoms with Crippen LogP contribution in [0.4, 0.5) is 5.69 Å². The van der Waals surface area contributed by atoms with E-state index in [0.717, 1.165) is 10.0 Å². The Labute approximate surface area is 166 Å². The third kappa shape index (κ3) is 6.21. The van der Waals surface area contributed by atoms with E-state index >= 15 is 0 Å². The summed E-state index contributed by atoms with van der Waals surface area (Å²) < 4.78 is 6.35. The standard InChI is InChI=1S/C20H21BrN2O4/c1-13-10-16(21)6-9-18(13)22-19(25)11-23(3)20(26)12-27-17-7-4-15(5-8-17)14(2)24/h4-10H,11-12H2,1-3H3,(H,22,25). The second-order valence-corrected chi connectivity index (χ2v) is 7.04.